The third-order valence-electron chi connectivity index (χ3n) is 6.03. The van der Waals surface area contributed by atoms with Crippen LogP contribution in [0.5, 0.6) is 0 Å². The molecule has 10 heteroatoms. The van der Waals surface area contributed by atoms with Gasteiger partial charge in [0.1, 0.15) is 18.7 Å². The van der Waals surface area contributed by atoms with E-state index in [-0.39, 0.29) is 19.4 Å². The Morgan fingerprint density at radius 3 is 1.79 bits per heavy atom. The molecule has 2 N–H and O–H groups in total. The molecule has 0 saturated heterocycles. The van der Waals surface area contributed by atoms with Crippen molar-refractivity contribution in [2.45, 2.75) is 31.5 Å². The Bertz CT molecular complexity index is 1190. The van der Waals surface area contributed by atoms with Crippen molar-refractivity contribution in [3.63, 3.8) is 0 Å². The quantitative estimate of drug-likeness (QED) is 0.257. The van der Waals surface area contributed by atoms with E-state index in [9.17, 15) is 14.4 Å². The SMILES string of the molecule is COB(OC)c1ccc(C[C@H](NC(=O)[C@@H](Cc2ccccc2)NC(=O)OCc2ccccc2)C(=O)OC)cc1. The fourth-order valence-electron chi connectivity index (χ4n) is 3.99. The van der Waals surface area contributed by atoms with Gasteiger partial charge in [0, 0.05) is 27.1 Å². The van der Waals surface area contributed by atoms with E-state index in [0.29, 0.717) is 0 Å². The number of esters is 1. The van der Waals surface area contributed by atoms with Crippen molar-refractivity contribution >= 4 is 30.6 Å². The van der Waals surface area contributed by atoms with Crippen molar-refractivity contribution in [1.29, 1.82) is 0 Å². The summed E-state index contributed by atoms with van der Waals surface area (Å²) >= 11 is 0. The third-order valence-corrected chi connectivity index (χ3v) is 6.03. The Hall–Kier alpha value is -4.15. The smallest absolute Gasteiger partial charge is 0.467 e. The van der Waals surface area contributed by atoms with Crippen LogP contribution in [0.3, 0.4) is 0 Å². The molecule has 0 spiro atoms. The molecule has 204 valence electrons. The molecule has 0 saturated carbocycles. The highest BCUT2D eigenvalue weighted by molar-refractivity contribution is 6.61. The van der Waals surface area contributed by atoms with E-state index in [1.165, 1.54) is 7.11 Å². The van der Waals surface area contributed by atoms with Gasteiger partial charge in [-0.1, -0.05) is 84.9 Å². The number of nitrogens with one attached hydrogen (secondary N) is 2. The minimum atomic E-state index is -0.991. The van der Waals surface area contributed by atoms with Gasteiger partial charge in [-0.05, 0) is 22.2 Å². The molecule has 0 radical (unpaired) electrons. The van der Waals surface area contributed by atoms with Gasteiger partial charge in [0.25, 0.3) is 0 Å². The zero-order chi connectivity index (χ0) is 28.0. The van der Waals surface area contributed by atoms with Gasteiger partial charge >= 0.3 is 19.2 Å². The first kappa shape index (κ1) is 29.4. The van der Waals surface area contributed by atoms with Crippen molar-refractivity contribution in [3.8, 4) is 0 Å². The standard InChI is InChI=1S/C29H33BN2O7/c1-36-28(34)26(19-22-14-16-24(17-15-22)30(37-2)38-3)31-27(33)25(18-21-10-6-4-7-11-21)32-29(35)39-20-23-12-8-5-9-13-23/h4-17,25-26H,18-20H2,1-3H3,(H,31,33)(H,32,35)/t25-,26+/m1/s1. The van der Waals surface area contributed by atoms with Crippen LogP contribution in [0.15, 0.2) is 84.9 Å². The zero-order valence-corrected chi connectivity index (χ0v) is 22.3. The van der Waals surface area contributed by atoms with Crippen molar-refractivity contribution in [2.75, 3.05) is 21.3 Å². The molecule has 0 unspecified atom stereocenters. The molecule has 39 heavy (non-hydrogen) atoms. The molecule has 2 amide bonds. The van der Waals surface area contributed by atoms with Gasteiger partial charge in [0.05, 0.1) is 7.11 Å². The number of carbonyl (C=O) groups excluding carboxylic acids is 3. The van der Waals surface area contributed by atoms with E-state index in [4.69, 9.17) is 18.8 Å². The molecular weight excluding hydrogens is 499 g/mol. The minimum absolute atomic E-state index is 0.0557. The van der Waals surface area contributed by atoms with Crippen LogP contribution in [-0.2, 0) is 47.8 Å². The zero-order valence-electron chi connectivity index (χ0n) is 22.3. The fourth-order valence-corrected chi connectivity index (χ4v) is 3.99. The van der Waals surface area contributed by atoms with Crippen LogP contribution in [0.1, 0.15) is 16.7 Å². The van der Waals surface area contributed by atoms with Gasteiger partial charge in [-0.15, -0.1) is 0 Å². The predicted molar refractivity (Wildman–Crippen MR) is 147 cm³/mol. The lowest BCUT2D eigenvalue weighted by Gasteiger charge is -2.22. The lowest BCUT2D eigenvalue weighted by atomic mass is 9.78. The first-order chi connectivity index (χ1) is 18.9. The molecule has 0 fully saturated rings. The van der Waals surface area contributed by atoms with E-state index in [0.717, 1.165) is 22.2 Å². The van der Waals surface area contributed by atoms with Crippen LogP contribution in [-0.4, -0.2) is 58.5 Å². The van der Waals surface area contributed by atoms with Crippen LogP contribution in [0.4, 0.5) is 4.79 Å². The Kier molecular flexibility index (Phi) is 11.5. The topological polar surface area (TPSA) is 112 Å². The maximum atomic E-state index is 13.4. The Morgan fingerprint density at radius 2 is 1.23 bits per heavy atom. The number of rotatable bonds is 13. The fraction of sp³-hybridized carbons (Fsp3) is 0.276. The normalized spacial score (nSPS) is 12.1. The highest BCUT2D eigenvalue weighted by Gasteiger charge is 2.28. The Labute approximate surface area is 228 Å². The summed E-state index contributed by atoms with van der Waals surface area (Å²) < 4.78 is 20.8. The maximum absolute atomic E-state index is 13.4. The summed E-state index contributed by atoms with van der Waals surface area (Å²) in [6.07, 6.45) is -0.365. The molecule has 3 aromatic rings. The van der Waals surface area contributed by atoms with E-state index in [1.54, 1.807) is 14.2 Å². The lowest BCUT2D eigenvalue weighted by molar-refractivity contribution is -0.145. The summed E-state index contributed by atoms with van der Waals surface area (Å²) in [6.45, 7) is 0.0557. The first-order valence-electron chi connectivity index (χ1n) is 12.5. The molecule has 0 aliphatic carbocycles. The van der Waals surface area contributed by atoms with Gasteiger partial charge < -0.3 is 29.4 Å². The van der Waals surface area contributed by atoms with Crippen LogP contribution in [0.2, 0.25) is 0 Å². The molecule has 3 aromatic carbocycles. The number of amides is 2. The second-order valence-electron chi connectivity index (χ2n) is 8.78. The van der Waals surface area contributed by atoms with E-state index >= 15 is 0 Å². The number of benzene rings is 3. The van der Waals surface area contributed by atoms with E-state index < -0.39 is 37.2 Å². The number of ether oxygens (including phenoxy) is 2. The highest BCUT2D eigenvalue weighted by atomic mass is 16.6. The molecule has 0 bridgehead atoms. The number of methoxy groups -OCH3 is 1. The van der Waals surface area contributed by atoms with Gasteiger partial charge in [-0.25, -0.2) is 9.59 Å². The van der Waals surface area contributed by atoms with Gasteiger partial charge in [-0.3, -0.25) is 4.79 Å². The van der Waals surface area contributed by atoms with Crippen LogP contribution < -0.4 is 16.1 Å². The van der Waals surface area contributed by atoms with E-state index in [1.807, 2.05) is 84.9 Å². The summed E-state index contributed by atoms with van der Waals surface area (Å²) in [4.78, 5) is 38.6. The summed E-state index contributed by atoms with van der Waals surface area (Å²) in [7, 11) is 3.83. The first-order valence-corrected chi connectivity index (χ1v) is 12.5. The molecule has 9 nitrogen and oxygen atoms in total. The summed E-state index contributed by atoms with van der Waals surface area (Å²) in [5.41, 5.74) is 3.24. The highest BCUT2D eigenvalue weighted by Crippen LogP contribution is 2.09. The monoisotopic (exact) mass is 532 g/mol. The van der Waals surface area contributed by atoms with Gasteiger partial charge in [0.2, 0.25) is 5.91 Å². The van der Waals surface area contributed by atoms with Crippen molar-refractivity contribution in [3.05, 3.63) is 102 Å². The second kappa shape index (κ2) is 15.3. The summed E-state index contributed by atoms with van der Waals surface area (Å²) in [6, 6.07) is 23.8. The summed E-state index contributed by atoms with van der Waals surface area (Å²) in [5, 5.41) is 5.38. The van der Waals surface area contributed by atoms with Crippen molar-refractivity contribution < 1.29 is 33.2 Å². The van der Waals surface area contributed by atoms with Crippen molar-refractivity contribution in [1.82, 2.24) is 10.6 Å². The Morgan fingerprint density at radius 1 is 0.692 bits per heavy atom. The average molecular weight is 532 g/mol. The molecule has 0 heterocycles. The van der Waals surface area contributed by atoms with Crippen LogP contribution >= 0.6 is 0 Å². The number of hydrogen-bond donors (Lipinski definition) is 2. The molecular formula is C29H33BN2O7. The maximum Gasteiger partial charge on any atom is 0.493 e. The average Bonchev–Trinajstić information content (AvgIpc) is 2.97. The third kappa shape index (κ3) is 9.28. The Balaban J connectivity index is 1.71. The van der Waals surface area contributed by atoms with Gasteiger partial charge in [-0.2, -0.15) is 0 Å². The molecule has 0 aliphatic rings. The van der Waals surface area contributed by atoms with E-state index in [2.05, 4.69) is 10.6 Å². The molecule has 0 aromatic heterocycles. The molecule has 0 aliphatic heterocycles. The number of carbonyl (C=O) groups is 3. The van der Waals surface area contributed by atoms with Crippen LogP contribution in [0, 0.1) is 0 Å². The van der Waals surface area contributed by atoms with Gasteiger partial charge in [0.15, 0.2) is 0 Å². The largest absolute Gasteiger partial charge is 0.493 e. The van der Waals surface area contributed by atoms with Crippen molar-refractivity contribution in [2.24, 2.45) is 0 Å². The molecule has 2 atom stereocenters. The predicted octanol–water partition coefficient (Wildman–Crippen LogP) is 2.41. The second-order valence-corrected chi connectivity index (χ2v) is 8.78. The number of hydrogen-bond acceptors (Lipinski definition) is 7. The lowest BCUT2D eigenvalue weighted by Crippen LogP contribution is -2.53. The minimum Gasteiger partial charge on any atom is -0.467 e. The molecule has 3 rings (SSSR count). The number of alkyl carbamates (subject to hydrolysis) is 1. The summed E-state index contributed by atoms with van der Waals surface area (Å²) in [5.74, 6) is -1.15. The van der Waals surface area contributed by atoms with Crippen LogP contribution in [0.25, 0.3) is 0 Å².